The van der Waals surface area contributed by atoms with E-state index in [1.165, 1.54) is 25.7 Å². The van der Waals surface area contributed by atoms with E-state index in [1.807, 2.05) is 0 Å². The molecule has 0 bridgehead atoms. The van der Waals surface area contributed by atoms with Gasteiger partial charge < -0.3 is 5.32 Å². The Kier molecular flexibility index (Phi) is 6.86. The molecule has 2 nitrogen and oxygen atoms in total. The van der Waals surface area contributed by atoms with Crippen molar-refractivity contribution in [2.75, 3.05) is 0 Å². The first-order valence-corrected chi connectivity index (χ1v) is 7.11. The van der Waals surface area contributed by atoms with Crippen LogP contribution in [-0.4, -0.2) is 17.3 Å². The van der Waals surface area contributed by atoms with E-state index in [4.69, 9.17) is 11.6 Å². The average molecular weight is 246 g/mol. The number of rotatable bonds is 7. The number of hydrogen-bond acceptors (Lipinski definition) is 1. The number of hydrogen-bond donors (Lipinski definition) is 1. The van der Waals surface area contributed by atoms with Gasteiger partial charge in [0.25, 0.3) is 0 Å². The van der Waals surface area contributed by atoms with Crippen LogP contribution in [0.25, 0.3) is 0 Å². The van der Waals surface area contributed by atoms with E-state index < -0.39 is 0 Å². The van der Waals surface area contributed by atoms with E-state index in [2.05, 4.69) is 12.2 Å². The summed E-state index contributed by atoms with van der Waals surface area (Å²) in [5.41, 5.74) is 0. The molecule has 1 amide bonds. The Morgan fingerprint density at radius 1 is 1.25 bits per heavy atom. The Bertz CT molecular complexity index is 208. The van der Waals surface area contributed by atoms with Crippen molar-refractivity contribution in [1.82, 2.24) is 5.32 Å². The summed E-state index contributed by atoms with van der Waals surface area (Å²) in [7, 11) is 0. The van der Waals surface area contributed by atoms with Crippen molar-refractivity contribution in [3.63, 3.8) is 0 Å². The number of carbonyl (C=O) groups is 1. The van der Waals surface area contributed by atoms with Crippen LogP contribution in [0.2, 0.25) is 0 Å². The van der Waals surface area contributed by atoms with Crippen molar-refractivity contribution in [3.05, 3.63) is 0 Å². The molecule has 1 aliphatic rings. The predicted octanol–water partition coefficient (Wildman–Crippen LogP) is 3.62. The van der Waals surface area contributed by atoms with Crippen molar-refractivity contribution >= 4 is 17.5 Å². The fourth-order valence-electron chi connectivity index (χ4n) is 2.25. The maximum atomic E-state index is 11.6. The smallest absolute Gasteiger partial charge is 0.220 e. The van der Waals surface area contributed by atoms with Crippen LogP contribution in [0.4, 0.5) is 0 Å². The number of nitrogens with one attached hydrogen (secondary N) is 1. The normalized spacial score (nSPS) is 24.6. The van der Waals surface area contributed by atoms with Crippen molar-refractivity contribution < 1.29 is 4.79 Å². The first kappa shape index (κ1) is 13.8. The molecule has 0 aromatic heterocycles. The van der Waals surface area contributed by atoms with Gasteiger partial charge in [-0.1, -0.05) is 32.6 Å². The summed E-state index contributed by atoms with van der Waals surface area (Å²) in [5, 5.41) is 3.21. The summed E-state index contributed by atoms with van der Waals surface area (Å²) in [6.07, 6.45) is 9.90. The minimum absolute atomic E-state index is 0.157. The third kappa shape index (κ3) is 5.20. The number of halogens is 1. The lowest BCUT2D eigenvalue weighted by Gasteiger charge is -2.15. The van der Waals surface area contributed by atoms with Gasteiger partial charge in [0.15, 0.2) is 0 Å². The Morgan fingerprint density at radius 2 is 2.00 bits per heavy atom. The molecule has 94 valence electrons. The topological polar surface area (TPSA) is 29.1 Å². The Morgan fingerprint density at radius 3 is 2.62 bits per heavy atom. The number of carbonyl (C=O) groups excluding carboxylic acids is 1. The summed E-state index contributed by atoms with van der Waals surface area (Å²) in [4.78, 5) is 11.6. The largest absolute Gasteiger partial charge is 0.352 e. The quantitative estimate of drug-likeness (QED) is 0.539. The standard InChI is InChI=1S/C13H24ClNO/c1-2-3-4-5-6-10-13(16)15-12-9-7-8-11(12)14/h11-12H,2-10H2,1H3,(H,15,16). The van der Waals surface area contributed by atoms with Crippen LogP contribution in [0.3, 0.4) is 0 Å². The average Bonchev–Trinajstić information content (AvgIpc) is 2.64. The molecular formula is C13H24ClNO. The monoisotopic (exact) mass is 245 g/mol. The predicted molar refractivity (Wildman–Crippen MR) is 68.8 cm³/mol. The molecule has 0 heterocycles. The zero-order valence-corrected chi connectivity index (χ0v) is 11.1. The van der Waals surface area contributed by atoms with E-state index in [0.29, 0.717) is 6.42 Å². The first-order valence-electron chi connectivity index (χ1n) is 6.67. The highest BCUT2D eigenvalue weighted by Crippen LogP contribution is 2.24. The lowest BCUT2D eigenvalue weighted by Crippen LogP contribution is -2.37. The zero-order valence-electron chi connectivity index (χ0n) is 10.3. The third-order valence-electron chi connectivity index (χ3n) is 3.29. The molecule has 0 aliphatic heterocycles. The number of alkyl halides is 1. The van der Waals surface area contributed by atoms with E-state index in [-0.39, 0.29) is 17.3 Å². The van der Waals surface area contributed by atoms with E-state index in [1.54, 1.807) is 0 Å². The van der Waals surface area contributed by atoms with Crippen LogP contribution in [0.1, 0.15) is 64.7 Å². The second-order valence-electron chi connectivity index (χ2n) is 4.79. The van der Waals surface area contributed by atoms with Gasteiger partial charge in [0, 0.05) is 12.5 Å². The molecule has 0 aromatic carbocycles. The zero-order chi connectivity index (χ0) is 11.8. The summed E-state index contributed by atoms with van der Waals surface area (Å²) in [6.45, 7) is 2.20. The van der Waals surface area contributed by atoms with Gasteiger partial charge in [-0.25, -0.2) is 0 Å². The van der Waals surface area contributed by atoms with Crippen LogP contribution in [0.5, 0.6) is 0 Å². The molecular weight excluding hydrogens is 222 g/mol. The van der Waals surface area contributed by atoms with E-state index >= 15 is 0 Å². The number of amides is 1. The fourth-order valence-corrected chi connectivity index (χ4v) is 2.59. The molecule has 2 unspecified atom stereocenters. The molecule has 1 rings (SSSR count). The summed E-state index contributed by atoms with van der Waals surface area (Å²) in [5.74, 6) is 0.189. The Hall–Kier alpha value is -0.240. The molecule has 0 radical (unpaired) electrons. The second-order valence-corrected chi connectivity index (χ2v) is 5.35. The molecule has 2 atom stereocenters. The molecule has 3 heteroatoms. The highest BCUT2D eigenvalue weighted by atomic mass is 35.5. The molecule has 1 N–H and O–H groups in total. The molecule has 16 heavy (non-hydrogen) atoms. The first-order chi connectivity index (χ1) is 7.74. The van der Waals surface area contributed by atoms with Gasteiger partial charge in [0.2, 0.25) is 5.91 Å². The Balaban J connectivity index is 2.02. The minimum atomic E-state index is 0.157. The fraction of sp³-hybridized carbons (Fsp3) is 0.923. The second kappa shape index (κ2) is 7.94. The van der Waals surface area contributed by atoms with Crippen LogP contribution in [0.15, 0.2) is 0 Å². The van der Waals surface area contributed by atoms with E-state index in [9.17, 15) is 4.79 Å². The van der Waals surface area contributed by atoms with Crippen LogP contribution < -0.4 is 5.32 Å². The Labute approximate surface area is 104 Å². The van der Waals surface area contributed by atoms with Crippen molar-refractivity contribution in [2.24, 2.45) is 0 Å². The molecule has 0 spiro atoms. The maximum Gasteiger partial charge on any atom is 0.220 e. The van der Waals surface area contributed by atoms with Crippen LogP contribution in [-0.2, 0) is 4.79 Å². The maximum absolute atomic E-state index is 11.6. The molecule has 1 fully saturated rings. The summed E-state index contributed by atoms with van der Waals surface area (Å²) in [6, 6.07) is 0.227. The molecule has 1 aliphatic carbocycles. The summed E-state index contributed by atoms with van der Waals surface area (Å²) < 4.78 is 0. The van der Waals surface area contributed by atoms with Gasteiger partial charge in [-0.15, -0.1) is 11.6 Å². The molecule has 0 aromatic rings. The highest BCUT2D eigenvalue weighted by molar-refractivity contribution is 6.21. The van der Waals surface area contributed by atoms with Gasteiger partial charge in [0.05, 0.1) is 5.38 Å². The SMILES string of the molecule is CCCCCCCC(=O)NC1CCCC1Cl. The third-order valence-corrected chi connectivity index (χ3v) is 3.81. The summed E-state index contributed by atoms with van der Waals surface area (Å²) >= 11 is 6.11. The highest BCUT2D eigenvalue weighted by Gasteiger charge is 2.26. The van der Waals surface area contributed by atoms with E-state index in [0.717, 1.165) is 25.7 Å². The number of unbranched alkanes of at least 4 members (excludes halogenated alkanes) is 4. The lowest BCUT2D eigenvalue weighted by molar-refractivity contribution is -0.121. The lowest BCUT2D eigenvalue weighted by atomic mass is 10.1. The van der Waals surface area contributed by atoms with Crippen molar-refractivity contribution in [1.29, 1.82) is 0 Å². The van der Waals surface area contributed by atoms with Crippen molar-refractivity contribution in [2.45, 2.75) is 76.1 Å². The van der Waals surface area contributed by atoms with Crippen LogP contribution >= 0.6 is 11.6 Å². The van der Waals surface area contributed by atoms with Gasteiger partial charge in [-0.2, -0.15) is 0 Å². The molecule has 0 saturated heterocycles. The van der Waals surface area contributed by atoms with Crippen LogP contribution in [0, 0.1) is 0 Å². The van der Waals surface area contributed by atoms with Gasteiger partial charge >= 0.3 is 0 Å². The molecule has 1 saturated carbocycles. The van der Waals surface area contributed by atoms with Crippen molar-refractivity contribution in [3.8, 4) is 0 Å². The minimum Gasteiger partial charge on any atom is -0.352 e. The van der Waals surface area contributed by atoms with Gasteiger partial charge in [-0.3, -0.25) is 4.79 Å². The van der Waals surface area contributed by atoms with Gasteiger partial charge in [0.1, 0.15) is 0 Å². The van der Waals surface area contributed by atoms with Gasteiger partial charge in [-0.05, 0) is 25.7 Å².